The van der Waals surface area contributed by atoms with Crippen LogP contribution >= 0.6 is 0 Å². The van der Waals surface area contributed by atoms with Crippen molar-refractivity contribution in [2.75, 3.05) is 37.0 Å². The maximum Gasteiger partial charge on any atom is 0.227 e. The number of aromatic nitrogens is 4. The molecular formula is C21H23FN6O2. The molecule has 0 atom stereocenters. The van der Waals surface area contributed by atoms with Crippen LogP contribution in [0.5, 0.6) is 5.75 Å². The molecule has 4 heterocycles. The van der Waals surface area contributed by atoms with E-state index in [0.29, 0.717) is 34.6 Å². The number of benzene rings is 1. The van der Waals surface area contributed by atoms with Gasteiger partial charge in [-0.3, -0.25) is 5.10 Å². The summed E-state index contributed by atoms with van der Waals surface area (Å²) in [6.07, 6.45) is 4.89. The van der Waals surface area contributed by atoms with Crippen LogP contribution in [0.2, 0.25) is 0 Å². The Kier molecular flexibility index (Phi) is 4.74. The summed E-state index contributed by atoms with van der Waals surface area (Å²) in [7, 11) is 1.51. The maximum absolute atomic E-state index is 14.3. The number of piperidine rings is 1. The van der Waals surface area contributed by atoms with Crippen LogP contribution in [0.1, 0.15) is 19.3 Å². The van der Waals surface area contributed by atoms with Crippen molar-refractivity contribution in [3.63, 3.8) is 0 Å². The van der Waals surface area contributed by atoms with E-state index in [4.69, 9.17) is 9.47 Å². The lowest BCUT2D eigenvalue weighted by atomic mass is 9.84. The van der Waals surface area contributed by atoms with E-state index in [1.807, 2.05) is 0 Å². The number of rotatable bonds is 5. The normalized spacial score (nSPS) is 17.6. The molecule has 2 aromatic heterocycles. The lowest BCUT2D eigenvalue weighted by Crippen LogP contribution is -2.52. The number of anilines is 3. The highest BCUT2D eigenvalue weighted by molar-refractivity contribution is 5.66. The third-order valence-corrected chi connectivity index (χ3v) is 5.87. The molecule has 3 aromatic rings. The molecule has 0 amide bonds. The first-order chi connectivity index (χ1) is 14.6. The fourth-order valence-corrected chi connectivity index (χ4v) is 3.97. The molecule has 2 N–H and O–H groups in total. The summed E-state index contributed by atoms with van der Waals surface area (Å²) >= 11 is 0. The van der Waals surface area contributed by atoms with Gasteiger partial charge in [0.25, 0.3) is 0 Å². The minimum Gasteiger partial charge on any atom is -0.497 e. The van der Waals surface area contributed by atoms with Gasteiger partial charge in [-0.1, -0.05) is 0 Å². The number of methoxy groups -OCH3 is 1. The molecule has 1 spiro atoms. The summed E-state index contributed by atoms with van der Waals surface area (Å²) in [4.78, 5) is 11.2. The highest BCUT2D eigenvalue weighted by Crippen LogP contribution is 2.37. The van der Waals surface area contributed by atoms with E-state index in [9.17, 15) is 4.39 Å². The molecule has 2 aliphatic heterocycles. The molecule has 2 fully saturated rings. The molecular weight excluding hydrogens is 387 g/mol. The standard InChI is InChI=1S/C21H23FN6O2/c1-29-14-2-3-15(16(22)12-14)17-13-19(27-26-17)24-18-4-8-23-20(25-18)28-9-5-21(6-10-28)7-11-30-21/h2-4,8,12-13H,5-7,9-11H2,1H3,(H2,23,24,25,26,27). The summed E-state index contributed by atoms with van der Waals surface area (Å²) in [6.45, 7) is 2.64. The molecule has 156 valence electrons. The molecule has 1 aromatic carbocycles. The highest BCUT2D eigenvalue weighted by Gasteiger charge is 2.41. The first-order valence-electron chi connectivity index (χ1n) is 10.0. The van der Waals surface area contributed by atoms with Crippen LogP contribution in [0.15, 0.2) is 36.5 Å². The summed E-state index contributed by atoms with van der Waals surface area (Å²) in [5.41, 5.74) is 1.07. The first-order valence-corrected chi connectivity index (χ1v) is 10.0. The SMILES string of the molecule is COc1ccc(-c2cc(Nc3ccnc(N4CCC5(CCO5)CC4)n3)n[nH]2)c(F)c1. The second kappa shape index (κ2) is 7.56. The van der Waals surface area contributed by atoms with Gasteiger partial charge in [0, 0.05) is 37.0 Å². The number of ether oxygens (including phenoxy) is 2. The Bertz CT molecular complexity index is 1040. The van der Waals surface area contributed by atoms with Gasteiger partial charge in [0.05, 0.1) is 25.0 Å². The van der Waals surface area contributed by atoms with Crippen LogP contribution in [0.4, 0.5) is 22.0 Å². The lowest BCUT2D eigenvalue weighted by molar-refractivity contribution is -0.158. The molecule has 0 aliphatic carbocycles. The Balaban J connectivity index is 1.28. The fraction of sp³-hybridized carbons (Fsp3) is 0.381. The van der Waals surface area contributed by atoms with Crippen LogP contribution in [-0.2, 0) is 4.74 Å². The molecule has 0 bridgehead atoms. The van der Waals surface area contributed by atoms with Gasteiger partial charge in [-0.25, -0.2) is 9.37 Å². The lowest BCUT2D eigenvalue weighted by Gasteiger charge is -2.47. The minimum absolute atomic E-state index is 0.0918. The van der Waals surface area contributed by atoms with Crippen molar-refractivity contribution in [3.05, 3.63) is 42.3 Å². The number of nitrogens with one attached hydrogen (secondary N) is 2. The van der Waals surface area contributed by atoms with Gasteiger partial charge in [0.15, 0.2) is 5.82 Å². The topological polar surface area (TPSA) is 88.2 Å². The number of aromatic amines is 1. The first kappa shape index (κ1) is 18.8. The zero-order chi connectivity index (χ0) is 20.6. The highest BCUT2D eigenvalue weighted by atomic mass is 19.1. The number of hydrogen-bond acceptors (Lipinski definition) is 7. The van der Waals surface area contributed by atoms with Crippen LogP contribution < -0.4 is 15.0 Å². The van der Waals surface area contributed by atoms with Crippen LogP contribution in [-0.4, -0.2) is 52.6 Å². The van der Waals surface area contributed by atoms with E-state index in [1.165, 1.54) is 13.2 Å². The Hall–Kier alpha value is -3.20. The van der Waals surface area contributed by atoms with Crippen LogP contribution in [0.3, 0.4) is 0 Å². The predicted octanol–water partition coefficient (Wildman–Crippen LogP) is 3.52. The predicted molar refractivity (Wildman–Crippen MR) is 111 cm³/mol. The molecule has 0 unspecified atom stereocenters. The Morgan fingerprint density at radius 1 is 1.17 bits per heavy atom. The Morgan fingerprint density at radius 3 is 2.70 bits per heavy atom. The van der Waals surface area contributed by atoms with Gasteiger partial charge < -0.3 is 19.7 Å². The Labute approximate surface area is 173 Å². The third-order valence-electron chi connectivity index (χ3n) is 5.87. The average molecular weight is 410 g/mol. The van der Waals surface area contributed by atoms with Gasteiger partial charge in [0.1, 0.15) is 17.4 Å². The quantitative estimate of drug-likeness (QED) is 0.665. The second-order valence-corrected chi connectivity index (χ2v) is 7.65. The van der Waals surface area contributed by atoms with Crippen molar-refractivity contribution < 1.29 is 13.9 Å². The van der Waals surface area contributed by atoms with Crippen molar-refractivity contribution in [1.29, 1.82) is 0 Å². The summed E-state index contributed by atoms with van der Waals surface area (Å²) in [5.74, 6) is 1.95. The van der Waals surface area contributed by atoms with Crippen molar-refractivity contribution in [1.82, 2.24) is 20.2 Å². The molecule has 30 heavy (non-hydrogen) atoms. The summed E-state index contributed by atoms with van der Waals surface area (Å²) < 4.78 is 25.1. The average Bonchev–Trinajstić information content (AvgIpc) is 3.21. The molecule has 8 nitrogen and oxygen atoms in total. The monoisotopic (exact) mass is 410 g/mol. The third kappa shape index (κ3) is 3.56. The van der Waals surface area contributed by atoms with Crippen molar-refractivity contribution in [3.8, 4) is 17.0 Å². The van der Waals surface area contributed by atoms with Gasteiger partial charge in [-0.2, -0.15) is 10.1 Å². The summed E-state index contributed by atoms with van der Waals surface area (Å²) in [6, 6.07) is 8.23. The zero-order valence-electron chi connectivity index (χ0n) is 16.7. The van der Waals surface area contributed by atoms with Gasteiger partial charge in [0.2, 0.25) is 5.95 Å². The van der Waals surface area contributed by atoms with Crippen molar-refractivity contribution in [2.24, 2.45) is 0 Å². The van der Waals surface area contributed by atoms with Crippen molar-refractivity contribution in [2.45, 2.75) is 24.9 Å². The minimum atomic E-state index is -0.382. The number of halogens is 1. The molecule has 5 rings (SSSR count). The van der Waals surface area contributed by atoms with E-state index in [2.05, 4.69) is 30.4 Å². The second-order valence-electron chi connectivity index (χ2n) is 7.65. The molecule has 2 saturated heterocycles. The molecule has 0 radical (unpaired) electrons. The van der Waals surface area contributed by atoms with E-state index in [0.717, 1.165) is 39.0 Å². The van der Waals surface area contributed by atoms with Gasteiger partial charge in [-0.05, 0) is 37.5 Å². The van der Waals surface area contributed by atoms with Gasteiger partial charge >= 0.3 is 0 Å². The van der Waals surface area contributed by atoms with E-state index in [-0.39, 0.29) is 11.4 Å². The fourth-order valence-electron chi connectivity index (χ4n) is 3.97. The molecule has 9 heteroatoms. The smallest absolute Gasteiger partial charge is 0.227 e. The van der Waals surface area contributed by atoms with E-state index < -0.39 is 0 Å². The largest absolute Gasteiger partial charge is 0.497 e. The Morgan fingerprint density at radius 2 is 2.00 bits per heavy atom. The molecule has 2 aliphatic rings. The number of nitrogens with zero attached hydrogens (tertiary/aromatic N) is 4. The van der Waals surface area contributed by atoms with E-state index in [1.54, 1.807) is 30.5 Å². The molecule has 0 saturated carbocycles. The van der Waals surface area contributed by atoms with Crippen LogP contribution in [0.25, 0.3) is 11.3 Å². The number of H-pyrrole nitrogens is 1. The zero-order valence-corrected chi connectivity index (χ0v) is 16.7. The van der Waals surface area contributed by atoms with Crippen molar-refractivity contribution >= 4 is 17.6 Å². The van der Waals surface area contributed by atoms with E-state index >= 15 is 0 Å². The number of hydrogen-bond donors (Lipinski definition) is 2. The maximum atomic E-state index is 14.3. The van der Waals surface area contributed by atoms with Gasteiger partial charge in [-0.15, -0.1) is 0 Å². The van der Waals surface area contributed by atoms with Crippen LogP contribution in [0, 0.1) is 5.82 Å². The summed E-state index contributed by atoms with van der Waals surface area (Å²) in [5, 5.41) is 10.2.